The molecule has 0 unspecified atom stereocenters. The number of nitrogens with zero attached hydrogens (tertiary/aromatic N) is 2. The van der Waals surface area contributed by atoms with Crippen LogP contribution in [0.15, 0.2) is 34.0 Å². The highest BCUT2D eigenvalue weighted by atomic mass is 35.5. The largest absolute Gasteiger partial charge is 0.393 e. The molecule has 0 aliphatic carbocycles. The molecule has 0 fully saturated rings. The SMILES string of the molecule is Cn1cc(N)c(=O)n(Cc2cc(Cl)ccc2F)c1=O. The second-order valence-corrected chi connectivity index (χ2v) is 4.54. The van der Waals surface area contributed by atoms with Gasteiger partial charge in [-0.1, -0.05) is 11.6 Å². The summed E-state index contributed by atoms with van der Waals surface area (Å²) in [6.45, 7) is -0.219. The predicted molar refractivity (Wildman–Crippen MR) is 70.9 cm³/mol. The molecule has 0 aliphatic heterocycles. The molecule has 1 aromatic heterocycles. The van der Waals surface area contributed by atoms with Gasteiger partial charge in [0, 0.05) is 23.8 Å². The summed E-state index contributed by atoms with van der Waals surface area (Å²) in [5.74, 6) is -0.541. The van der Waals surface area contributed by atoms with Crippen molar-refractivity contribution in [2.24, 2.45) is 7.05 Å². The van der Waals surface area contributed by atoms with Gasteiger partial charge in [-0.2, -0.15) is 0 Å². The molecule has 0 radical (unpaired) electrons. The third-order valence-corrected chi connectivity index (χ3v) is 2.93. The van der Waals surface area contributed by atoms with Crippen molar-refractivity contribution >= 4 is 17.3 Å². The van der Waals surface area contributed by atoms with Gasteiger partial charge >= 0.3 is 5.69 Å². The van der Waals surface area contributed by atoms with E-state index in [0.29, 0.717) is 5.02 Å². The number of hydrogen-bond donors (Lipinski definition) is 1. The Morgan fingerprint density at radius 1 is 1.37 bits per heavy atom. The number of halogens is 2. The highest BCUT2D eigenvalue weighted by Crippen LogP contribution is 2.15. The normalized spacial score (nSPS) is 10.7. The zero-order valence-electron chi connectivity index (χ0n) is 10.1. The van der Waals surface area contributed by atoms with Gasteiger partial charge < -0.3 is 10.3 Å². The quantitative estimate of drug-likeness (QED) is 0.893. The number of aromatic nitrogens is 2. The first-order valence-corrected chi connectivity index (χ1v) is 5.78. The number of rotatable bonds is 2. The fourth-order valence-corrected chi connectivity index (χ4v) is 1.92. The van der Waals surface area contributed by atoms with E-state index in [1.54, 1.807) is 0 Å². The Balaban J connectivity index is 2.59. The third kappa shape index (κ3) is 2.53. The number of anilines is 1. The van der Waals surface area contributed by atoms with Crippen LogP contribution < -0.4 is 17.0 Å². The number of nitrogen functional groups attached to an aromatic ring is 1. The van der Waals surface area contributed by atoms with E-state index < -0.39 is 17.1 Å². The Hall–Kier alpha value is -2.08. The Bertz CT molecular complexity index is 717. The molecule has 7 heteroatoms. The van der Waals surface area contributed by atoms with Gasteiger partial charge in [0.25, 0.3) is 5.56 Å². The van der Waals surface area contributed by atoms with Crippen molar-refractivity contribution in [1.29, 1.82) is 0 Å². The predicted octanol–water partition coefficient (Wildman–Crippen LogP) is 0.970. The van der Waals surface area contributed by atoms with Crippen molar-refractivity contribution in [3.05, 3.63) is 61.6 Å². The number of aryl methyl sites for hydroxylation is 1. The minimum Gasteiger partial charge on any atom is -0.393 e. The molecule has 5 nitrogen and oxygen atoms in total. The van der Waals surface area contributed by atoms with Crippen LogP contribution in [0.4, 0.5) is 10.1 Å². The Morgan fingerprint density at radius 2 is 2.05 bits per heavy atom. The van der Waals surface area contributed by atoms with E-state index in [0.717, 1.165) is 4.57 Å². The van der Waals surface area contributed by atoms with Crippen molar-refractivity contribution in [3.8, 4) is 0 Å². The zero-order valence-corrected chi connectivity index (χ0v) is 10.8. The lowest BCUT2D eigenvalue weighted by Gasteiger charge is -2.09. The molecule has 100 valence electrons. The van der Waals surface area contributed by atoms with E-state index >= 15 is 0 Å². The molecule has 0 aliphatic rings. The van der Waals surface area contributed by atoms with Crippen LogP contribution in [0.1, 0.15) is 5.56 Å². The average molecular weight is 284 g/mol. The zero-order chi connectivity index (χ0) is 14.2. The standard InChI is InChI=1S/C12H11ClFN3O2/c1-16-6-10(15)11(18)17(12(16)19)5-7-4-8(13)2-3-9(7)14/h2-4,6H,5,15H2,1H3. The first kappa shape index (κ1) is 13.4. The molecule has 2 rings (SSSR count). The lowest BCUT2D eigenvalue weighted by atomic mass is 10.2. The van der Waals surface area contributed by atoms with Gasteiger partial charge in [0.05, 0.1) is 6.54 Å². The van der Waals surface area contributed by atoms with E-state index in [-0.39, 0.29) is 17.8 Å². The summed E-state index contributed by atoms with van der Waals surface area (Å²) < 4.78 is 15.6. The summed E-state index contributed by atoms with van der Waals surface area (Å²) in [7, 11) is 1.46. The molecule has 0 bridgehead atoms. The maximum atomic E-state index is 13.6. The van der Waals surface area contributed by atoms with Crippen LogP contribution in [0.2, 0.25) is 5.02 Å². The summed E-state index contributed by atoms with van der Waals surface area (Å²) in [6.07, 6.45) is 1.23. The first-order valence-electron chi connectivity index (χ1n) is 5.40. The summed E-state index contributed by atoms with van der Waals surface area (Å²) in [5.41, 5.74) is 4.35. The highest BCUT2D eigenvalue weighted by Gasteiger charge is 2.11. The van der Waals surface area contributed by atoms with Crippen LogP contribution in [0.25, 0.3) is 0 Å². The molecular formula is C12H11ClFN3O2. The van der Waals surface area contributed by atoms with Crippen LogP contribution in [0, 0.1) is 5.82 Å². The molecule has 19 heavy (non-hydrogen) atoms. The maximum Gasteiger partial charge on any atom is 0.331 e. The van der Waals surface area contributed by atoms with Gasteiger partial charge in [-0.25, -0.2) is 9.18 Å². The highest BCUT2D eigenvalue weighted by molar-refractivity contribution is 6.30. The Kier molecular flexibility index (Phi) is 3.44. The van der Waals surface area contributed by atoms with E-state index in [2.05, 4.69) is 0 Å². The van der Waals surface area contributed by atoms with E-state index in [4.69, 9.17) is 17.3 Å². The fraction of sp³-hybridized carbons (Fsp3) is 0.167. The molecule has 2 aromatic rings. The van der Waals surface area contributed by atoms with Crippen LogP contribution in [0.3, 0.4) is 0 Å². The maximum absolute atomic E-state index is 13.6. The van der Waals surface area contributed by atoms with Crippen molar-refractivity contribution in [2.45, 2.75) is 6.54 Å². The van der Waals surface area contributed by atoms with Gasteiger partial charge in [0.15, 0.2) is 0 Å². The summed E-state index contributed by atoms with van der Waals surface area (Å²) >= 11 is 5.76. The molecule has 0 saturated carbocycles. The monoisotopic (exact) mass is 283 g/mol. The molecule has 1 heterocycles. The topological polar surface area (TPSA) is 70.0 Å². The van der Waals surface area contributed by atoms with Crippen LogP contribution in [0.5, 0.6) is 0 Å². The van der Waals surface area contributed by atoms with Gasteiger partial charge in [-0.3, -0.25) is 9.36 Å². The first-order chi connectivity index (χ1) is 8.90. The van der Waals surface area contributed by atoms with Gasteiger partial charge in [0.2, 0.25) is 0 Å². The van der Waals surface area contributed by atoms with Gasteiger partial charge in [0.1, 0.15) is 11.5 Å². The molecule has 0 spiro atoms. The van der Waals surface area contributed by atoms with Crippen molar-refractivity contribution in [3.63, 3.8) is 0 Å². The van der Waals surface area contributed by atoms with Crippen molar-refractivity contribution < 1.29 is 4.39 Å². The van der Waals surface area contributed by atoms with E-state index in [1.807, 2.05) is 0 Å². The lowest BCUT2D eigenvalue weighted by Crippen LogP contribution is -2.40. The molecular weight excluding hydrogens is 273 g/mol. The number of nitrogens with two attached hydrogens (primary N) is 1. The Labute approximate surface area is 112 Å². The second kappa shape index (κ2) is 4.89. The lowest BCUT2D eigenvalue weighted by molar-refractivity contribution is 0.579. The second-order valence-electron chi connectivity index (χ2n) is 4.10. The molecule has 0 amide bonds. The number of hydrogen-bond acceptors (Lipinski definition) is 3. The summed E-state index contributed by atoms with van der Waals surface area (Å²) in [5, 5.41) is 0.324. The van der Waals surface area contributed by atoms with E-state index in [9.17, 15) is 14.0 Å². The Morgan fingerprint density at radius 3 is 2.74 bits per heavy atom. The number of benzene rings is 1. The molecule has 2 N–H and O–H groups in total. The fourth-order valence-electron chi connectivity index (χ4n) is 1.73. The third-order valence-electron chi connectivity index (χ3n) is 2.69. The van der Waals surface area contributed by atoms with Crippen LogP contribution in [-0.2, 0) is 13.6 Å². The van der Waals surface area contributed by atoms with Crippen LogP contribution in [-0.4, -0.2) is 9.13 Å². The van der Waals surface area contributed by atoms with Gasteiger partial charge in [-0.05, 0) is 18.2 Å². The molecule has 1 aromatic carbocycles. The minimum atomic E-state index is -0.650. The molecule has 0 saturated heterocycles. The molecule has 0 atom stereocenters. The summed E-state index contributed by atoms with van der Waals surface area (Å²) in [6, 6.07) is 3.94. The smallest absolute Gasteiger partial charge is 0.331 e. The van der Waals surface area contributed by atoms with Crippen molar-refractivity contribution in [2.75, 3.05) is 5.73 Å². The van der Waals surface area contributed by atoms with Gasteiger partial charge in [-0.15, -0.1) is 0 Å². The van der Waals surface area contributed by atoms with Crippen molar-refractivity contribution in [1.82, 2.24) is 9.13 Å². The summed E-state index contributed by atoms with van der Waals surface area (Å²) in [4.78, 5) is 23.7. The van der Waals surface area contributed by atoms with E-state index in [1.165, 1.54) is 36.0 Å². The minimum absolute atomic E-state index is 0.0791. The van der Waals surface area contributed by atoms with Crippen LogP contribution >= 0.6 is 11.6 Å². The average Bonchev–Trinajstić information content (AvgIpc) is 2.36.